The van der Waals surface area contributed by atoms with Crippen LogP contribution in [0.5, 0.6) is 11.5 Å². The van der Waals surface area contributed by atoms with Crippen molar-refractivity contribution in [3.05, 3.63) is 29.8 Å². The van der Waals surface area contributed by atoms with Gasteiger partial charge < -0.3 is 29.9 Å². The number of fused-ring (bicyclic) bond motifs is 1. The van der Waals surface area contributed by atoms with Gasteiger partial charge in [0.2, 0.25) is 5.95 Å². The van der Waals surface area contributed by atoms with Gasteiger partial charge in [-0.3, -0.25) is 0 Å². The van der Waals surface area contributed by atoms with Crippen molar-refractivity contribution < 1.29 is 9.47 Å². The first kappa shape index (κ1) is 23.9. The minimum Gasteiger partial charge on any atom is -0.486 e. The predicted octanol–water partition coefficient (Wildman–Crippen LogP) is 4.21. The molecule has 0 radical (unpaired) electrons. The largest absolute Gasteiger partial charge is 0.486 e. The first-order valence-corrected chi connectivity index (χ1v) is 13.3. The lowest BCUT2D eigenvalue weighted by atomic mass is 9.99. The summed E-state index contributed by atoms with van der Waals surface area (Å²) in [6.07, 6.45) is 4.86. The van der Waals surface area contributed by atoms with E-state index in [1.54, 1.807) is 0 Å². The van der Waals surface area contributed by atoms with Gasteiger partial charge in [-0.05, 0) is 67.4 Å². The van der Waals surface area contributed by atoms with E-state index in [9.17, 15) is 0 Å². The van der Waals surface area contributed by atoms with E-state index >= 15 is 0 Å². The number of piperidine rings is 2. The zero-order valence-corrected chi connectivity index (χ0v) is 21.6. The number of nitrogens with zero attached hydrogens (tertiary/aromatic N) is 4. The summed E-state index contributed by atoms with van der Waals surface area (Å²) in [6, 6.07) is 8.12. The second-order valence-corrected chi connectivity index (χ2v) is 10.5. The Morgan fingerprint density at radius 2 is 1.69 bits per heavy atom. The van der Waals surface area contributed by atoms with Crippen LogP contribution in [0.2, 0.25) is 0 Å². The Bertz CT molecular complexity index is 1040. The number of nitrogens with one attached hydrogen (secondary N) is 2. The first-order valence-electron chi connectivity index (χ1n) is 12.9. The lowest BCUT2D eigenvalue weighted by molar-refractivity contribution is 0.171. The van der Waals surface area contributed by atoms with Gasteiger partial charge in [-0.2, -0.15) is 9.97 Å². The van der Waals surface area contributed by atoms with Crippen molar-refractivity contribution in [1.82, 2.24) is 15.3 Å². The third kappa shape index (κ3) is 6.07. The van der Waals surface area contributed by atoms with Gasteiger partial charge in [0.25, 0.3) is 0 Å². The Morgan fingerprint density at radius 3 is 2.46 bits per heavy atom. The smallest absolute Gasteiger partial charge is 0.232 e. The zero-order valence-electron chi connectivity index (χ0n) is 20.8. The number of ether oxygens (including phenoxy) is 2. The number of rotatable bonds is 5. The maximum absolute atomic E-state index is 5.69. The van der Waals surface area contributed by atoms with E-state index in [0.717, 1.165) is 60.8 Å². The number of benzene rings is 1. The molecule has 8 nitrogen and oxygen atoms in total. The third-order valence-corrected chi connectivity index (χ3v) is 7.32. The minimum absolute atomic E-state index is 0.502. The standard InChI is InChI=1S/C26H36N6O2S/c1-18-7-10-31(11-8-18)23-15-24(32-9-3-4-19(2)17-32)29-25(28-23)30-26(35)27-16-20-5-6-21-22(14-20)34-13-12-33-21/h5-6,14-15,18-19H,3-4,7-13,16-17H2,1-2H3,(H2,27,28,29,30,35)/t19-/m1/s1. The number of hydrogen-bond acceptors (Lipinski definition) is 7. The first-order chi connectivity index (χ1) is 17.0. The quantitative estimate of drug-likeness (QED) is 0.592. The highest BCUT2D eigenvalue weighted by Gasteiger charge is 2.23. The highest BCUT2D eigenvalue weighted by molar-refractivity contribution is 7.80. The fourth-order valence-corrected chi connectivity index (χ4v) is 5.13. The molecule has 4 heterocycles. The van der Waals surface area contributed by atoms with E-state index in [1.807, 2.05) is 18.2 Å². The van der Waals surface area contributed by atoms with Gasteiger partial charge in [-0.1, -0.05) is 19.9 Å². The molecule has 2 aromatic rings. The third-order valence-electron chi connectivity index (χ3n) is 7.07. The summed E-state index contributed by atoms with van der Waals surface area (Å²) in [6.45, 7) is 10.5. The van der Waals surface area contributed by atoms with Gasteiger partial charge in [0, 0.05) is 38.8 Å². The topological polar surface area (TPSA) is 74.8 Å². The molecule has 3 aliphatic rings. The molecule has 1 aromatic heterocycles. The summed E-state index contributed by atoms with van der Waals surface area (Å²) < 4.78 is 11.3. The maximum Gasteiger partial charge on any atom is 0.232 e. The molecule has 2 N–H and O–H groups in total. The van der Waals surface area contributed by atoms with E-state index in [-0.39, 0.29) is 0 Å². The Balaban J connectivity index is 1.28. The average molecular weight is 497 g/mol. The van der Waals surface area contributed by atoms with Gasteiger partial charge in [-0.15, -0.1) is 0 Å². The predicted molar refractivity (Wildman–Crippen MR) is 144 cm³/mol. The number of thiocarbonyl (C=S) groups is 1. The van der Waals surface area contributed by atoms with Crippen LogP contribution in [0, 0.1) is 11.8 Å². The van der Waals surface area contributed by atoms with Crippen LogP contribution < -0.4 is 29.9 Å². The molecular weight excluding hydrogens is 460 g/mol. The minimum atomic E-state index is 0.502. The average Bonchev–Trinajstić information content (AvgIpc) is 2.87. The van der Waals surface area contributed by atoms with Crippen molar-refractivity contribution in [2.75, 3.05) is 54.5 Å². The van der Waals surface area contributed by atoms with Crippen LogP contribution in [0.1, 0.15) is 45.1 Å². The summed E-state index contributed by atoms with van der Waals surface area (Å²) in [7, 11) is 0. The van der Waals surface area contributed by atoms with Gasteiger partial charge in [0.05, 0.1) is 0 Å². The number of aromatic nitrogens is 2. The van der Waals surface area contributed by atoms with Crippen LogP contribution in [0.3, 0.4) is 0 Å². The molecule has 1 atom stereocenters. The molecule has 9 heteroatoms. The highest BCUT2D eigenvalue weighted by atomic mass is 32.1. The van der Waals surface area contributed by atoms with Crippen LogP contribution in [0.15, 0.2) is 24.3 Å². The molecule has 5 rings (SSSR count). The Kier molecular flexibility index (Phi) is 7.41. The molecule has 3 aliphatic heterocycles. The molecular formula is C26H36N6O2S. The van der Waals surface area contributed by atoms with Gasteiger partial charge >= 0.3 is 0 Å². The SMILES string of the molecule is CC1CCN(c2cc(N3CCC[C@@H](C)C3)nc(NC(=S)NCc3ccc4c(c3)OCCO4)n2)CC1. The van der Waals surface area contributed by atoms with Crippen LogP contribution >= 0.6 is 12.2 Å². The second kappa shape index (κ2) is 10.8. The van der Waals surface area contributed by atoms with Crippen LogP contribution in [-0.2, 0) is 6.54 Å². The van der Waals surface area contributed by atoms with Crippen LogP contribution in [-0.4, -0.2) is 54.5 Å². The second-order valence-electron chi connectivity index (χ2n) is 10.1. The summed E-state index contributed by atoms with van der Waals surface area (Å²) in [5.74, 6) is 5.52. The fourth-order valence-electron chi connectivity index (χ4n) is 4.96. The molecule has 35 heavy (non-hydrogen) atoms. The van der Waals surface area contributed by atoms with Crippen molar-refractivity contribution in [2.45, 2.75) is 46.1 Å². The van der Waals surface area contributed by atoms with E-state index in [2.05, 4.69) is 40.3 Å². The molecule has 0 amide bonds. The van der Waals surface area contributed by atoms with E-state index in [0.29, 0.717) is 36.7 Å². The lowest BCUT2D eigenvalue weighted by Gasteiger charge is -2.34. The zero-order chi connectivity index (χ0) is 24.2. The van der Waals surface area contributed by atoms with Gasteiger partial charge in [0.1, 0.15) is 24.8 Å². The van der Waals surface area contributed by atoms with E-state index in [1.165, 1.54) is 25.7 Å². The summed E-state index contributed by atoms with van der Waals surface area (Å²) in [5, 5.41) is 7.03. The summed E-state index contributed by atoms with van der Waals surface area (Å²) in [5.41, 5.74) is 1.07. The molecule has 0 saturated carbocycles. The molecule has 0 spiro atoms. The highest BCUT2D eigenvalue weighted by Crippen LogP contribution is 2.31. The van der Waals surface area contributed by atoms with Crippen molar-refractivity contribution >= 4 is 34.9 Å². The fraction of sp³-hybridized carbons (Fsp3) is 0.577. The monoisotopic (exact) mass is 496 g/mol. The van der Waals surface area contributed by atoms with Gasteiger partial charge in [-0.25, -0.2) is 0 Å². The number of anilines is 3. The molecule has 2 saturated heterocycles. The molecule has 2 fully saturated rings. The Labute approximate surface area is 213 Å². The number of hydrogen-bond donors (Lipinski definition) is 2. The summed E-state index contributed by atoms with van der Waals surface area (Å²) >= 11 is 5.60. The lowest BCUT2D eigenvalue weighted by Crippen LogP contribution is -2.37. The molecule has 1 aromatic carbocycles. The van der Waals surface area contributed by atoms with Gasteiger partial charge in [0.15, 0.2) is 16.6 Å². The molecule has 0 unspecified atom stereocenters. The normalized spacial score (nSPS) is 20.5. The van der Waals surface area contributed by atoms with Crippen molar-refractivity contribution in [3.8, 4) is 11.5 Å². The summed E-state index contributed by atoms with van der Waals surface area (Å²) in [4.78, 5) is 14.5. The van der Waals surface area contributed by atoms with Crippen molar-refractivity contribution in [3.63, 3.8) is 0 Å². The molecule has 188 valence electrons. The van der Waals surface area contributed by atoms with E-state index < -0.39 is 0 Å². The Morgan fingerprint density at radius 1 is 0.943 bits per heavy atom. The van der Waals surface area contributed by atoms with E-state index in [4.69, 9.17) is 31.7 Å². The van der Waals surface area contributed by atoms with Crippen LogP contribution in [0.4, 0.5) is 17.6 Å². The van der Waals surface area contributed by atoms with Crippen molar-refractivity contribution in [1.29, 1.82) is 0 Å². The molecule has 0 bridgehead atoms. The Hall–Kier alpha value is -2.81. The van der Waals surface area contributed by atoms with Crippen LogP contribution in [0.25, 0.3) is 0 Å². The molecule has 0 aliphatic carbocycles. The van der Waals surface area contributed by atoms with Crippen molar-refractivity contribution in [2.24, 2.45) is 11.8 Å². The maximum atomic E-state index is 5.69.